The minimum atomic E-state index is 0.0411. The van der Waals surface area contributed by atoms with Crippen LogP contribution in [0.25, 0.3) is 0 Å². The second kappa shape index (κ2) is 6.88. The lowest BCUT2D eigenvalue weighted by Crippen LogP contribution is -2.34. The predicted molar refractivity (Wildman–Crippen MR) is 86.7 cm³/mol. The van der Waals surface area contributed by atoms with Crippen molar-refractivity contribution < 1.29 is 14.2 Å². The van der Waals surface area contributed by atoms with Gasteiger partial charge in [0.2, 0.25) is 0 Å². The van der Waals surface area contributed by atoms with Gasteiger partial charge in [0.25, 0.3) is 0 Å². The van der Waals surface area contributed by atoms with Crippen molar-refractivity contribution in [3.8, 4) is 11.5 Å². The number of methoxy groups -OCH3 is 1. The number of nitrogens with two attached hydrogens (primary N) is 1. The van der Waals surface area contributed by atoms with Gasteiger partial charge in [0.15, 0.2) is 11.5 Å². The maximum atomic E-state index is 6.34. The molecule has 3 rings (SSSR count). The highest BCUT2D eigenvalue weighted by atomic mass is 16.5. The zero-order chi connectivity index (χ0) is 15.4. The minimum absolute atomic E-state index is 0.0411. The zero-order valence-electron chi connectivity index (χ0n) is 13.5. The molecule has 1 aliphatic carbocycles. The van der Waals surface area contributed by atoms with Gasteiger partial charge in [-0.05, 0) is 31.7 Å². The molecule has 4 nitrogen and oxygen atoms in total. The van der Waals surface area contributed by atoms with Gasteiger partial charge >= 0.3 is 0 Å². The van der Waals surface area contributed by atoms with E-state index in [1.54, 1.807) is 7.11 Å². The first-order chi connectivity index (χ1) is 10.8. The molecule has 2 N–H and O–H groups in total. The zero-order valence-corrected chi connectivity index (χ0v) is 13.5. The van der Waals surface area contributed by atoms with Crippen LogP contribution in [0.5, 0.6) is 11.5 Å². The van der Waals surface area contributed by atoms with E-state index in [1.165, 1.54) is 18.4 Å². The highest BCUT2D eigenvalue weighted by molar-refractivity contribution is 5.51. The van der Waals surface area contributed by atoms with Gasteiger partial charge in [-0.25, -0.2) is 0 Å². The molecule has 4 heteroatoms. The fourth-order valence-corrected chi connectivity index (χ4v) is 3.82. The fourth-order valence-electron chi connectivity index (χ4n) is 3.82. The van der Waals surface area contributed by atoms with E-state index in [1.807, 2.05) is 12.1 Å². The molecule has 0 radical (unpaired) electrons. The van der Waals surface area contributed by atoms with Gasteiger partial charge in [-0.2, -0.15) is 0 Å². The van der Waals surface area contributed by atoms with Crippen LogP contribution in [-0.2, 0) is 10.2 Å². The molecule has 1 aromatic carbocycles. The van der Waals surface area contributed by atoms with Crippen LogP contribution in [0.1, 0.15) is 44.1 Å². The molecule has 1 atom stereocenters. The standard InChI is InChI=1S/C18H27NO3/c1-20-16-8-4-7-15(18(13-19)9-2-3-10-18)17(16)22-14-6-5-11-21-12-14/h4,7-8,14H,2-3,5-6,9-13,19H2,1H3. The highest BCUT2D eigenvalue weighted by Crippen LogP contribution is 2.47. The summed E-state index contributed by atoms with van der Waals surface area (Å²) < 4.78 is 17.5. The van der Waals surface area contributed by atoms with E-state index >= 15 is 0 Å². The van der Waals surface area contributed by atoms with Crippen LogP contribution in [0.3, 0.4) is 0 Å². The Labute approximate surface area is 132 Å². The summed E-state index contributed by atoms with van der Waals surface area (Å²) >= 11 is 0. The Morgan fingerprint density at radius 2 is 2.09 bits per heavy atom. The molecule has 22 heavy (non-hydrogen) atoms. The monoisotopic (exact) mass is 305 g/mol. The van der Waals surface area contributed by atoms with Crippen molar-refractivity contribution >= 4 is 0 Å². The largest absolute Gasteiger partial charge is 0.493 e. The normalized spacial score (nSPS) is 24.2. The average Bonchev–Trinajstić information content (AvgIpc) is 3.06. The summed E-state index contributed by atoms with van der Waals surface area (Å²) in [5, 5.41) is 0. The maximum absolute atomic E-state index is 6.34. The Morgan fingerprint density at radius 3 is 2.73 bits per heavy atom. The third-order valence-corrected chi connectivity index (χ3v) is 5.12. The molecule has 122 valence electrons. The number of hydrogen-bond donors (Lipinski definition) is 1. The number of benzene rings is 1. The van der Waals surface area contributed by atoms with Crippen molar-refractivity contribution in [2.24, 2.45) is 5.73 Å². The van der Waals surface area contributed by atoms with Crippen molar-refractivity contribution in [2.75, 3.05) is 26.9 Å². The van der Waals surface area contributed by atoms with E-state index in [0.29, 0.717) is 13.2 Å². The Morgan fingerprint density at radius 1 is 1.27 bits per heavy atom. The second-order valence-electron chi connectivity index (χ2n) is 6.49. The van der Waals surface area contributed by atoms with E-state index in [4.69, 9.17) is 19.9 Å². The van der Waals surface area contributed by atoms with E-state index in [-0.39, 0.29) is 11.5 Å². The number of hydrogen-bond acceptors (Lipinski definition) is 4. The van der Waals surface area contributed by atoms with Gasteiger partial charge in [-0.15, -0.1) is 0 Å². The van der Waals surface area contributed by atoms with Crippen LogP contribution >= 0.6 is 0 Å². The van der Waals surface area contributed by atoms with Crippen molar-refractivity contribution in [3.63, 3.8) is 0 Å². The molecule has 2 fully saturated rings. The van der Waals surface area contributed by atoms with Gasteiger partial charge in [0.1, 0.15) is 6.10 Å². The van der Waals surface area contributed by atoms with Crippen LogP contribution < -0.4 is 15.2 Å². The van der Waals surface area contributed by atoms with Gasteiger partial charge in [-0.3, -0.25) is 0 Å². The quantitative estimate of drug-likeness (QED) is 0.908. The molecular formula is C18H27NO3. The van der Waals surface area contributed by atoms with Crippen LogP contribution in [-0.4, -0.2) is 33.0 Å². The van der Waals surface area contributed by atoms with E-state index in [9.17, 15) is 0 Å². The molecule has 1 aliphatic heterocycles. The van der Waals surface area contributed by atoms with Crippen molar-refractivity contribution in [1.82, 2.24) is 0 Å². The minimum Gasteiger partial charge on any atom is -0.493 e. The molecule has 0 bridgehead atoms. The molecule has 0 aromatic heterocycles. The molecule has 1 saturated carbocycles. The predicted octanol–water partition coefficient (Wildman–Crippen LogP) is 3.02. The third-order valence-electron chi connectivity index (χ3n) is 5.12. The number of para-hydroxylation sites is 1. The van der Waals surface area contributed by atoms with E-state index in [0.717, 1.165) is 43.8 Å². The lowest BCUT2D eigenvalue weighted by molar-refractivity contribution is 0.00555. The Kier molecular flexibility index (Phi) is 4.89. The fraction of sp³-hybridized carbons (Fsp3) is 0.667. The molecule has 0 amide bonds. The second-order valence-corrected chi connectivity index (χ2v) is 6.49. The molecule has 1 heterocycles. The first-order valence-corrected chi connectivity index (χ1v) is 8.41. The third kappa shape index (κ3) is 2.95. The van der Waals surface area contributed by atoms with Crippen molar-refractivity contribution in [1.29, 1.82) is 0 Å². The summed E-state index contributed by atoms with van der Waals surface area (Å²) in [4.78, 5) is 0. The summed E-state index contributed by atoms with van der Waals surface area (Å²) in [6, 6.07) is 6.19. The lowest BCUT2D eigenvalue weighted by atomic mass is 9.78. The lowest BCUT2D eigenvalue weighted by Gasteiger charge is -2.32. The summed E-state index contributed by atoms with van der Waals surface area (Å²) in [6.07, 6.45) is 6.94. The molecule has 1 unspecified atom stereocenters. The summed E-state index contributed by atoms with van der Waals surface area (Å²) in [6.45, 7) is 2.16. The number of rotatable bonds is 5. The number of ether oxygens (including phenoxy) is 3. The molecular weight excluding hydrogens is 278 g/mol. The molecule has 0 spiro atoms. The van der Waals surface area contributed by atoms with Crippen LogP contribution in [0, 0.1) is 0 Å². The van der Waals surface area contributed by atoms with Crippen LogP contribution in [0.15, 0.2) is 18.2 Å². The van der Waals surface area contributed by atoms with E-state index < -0.39 is 0 Å². The Balaban J connectivity index is 1.94. The first-order valence-electron chi connectivity index (χ1n) is 8.41. The summed E-state index contributed by atoms with van der Waals surface area (Å²) in [5.41, 5.74) is 7.43. The maximum Gasteiger partial charge on any atom is 0.165 e. The van der Waals surface area contributed by atoms with E-state index in [2.05, 4.69) is 6.07 Å². The van der Waals surface area contributed by atoms with Gasteiger partial charge < -0.3 is 19.9 Å². The van der Waals surface area contributed by atoms with Crippen LogP contribution in [0.2, 0.25) is 0 Å². The van der Waals surface area contributed by atoms with Gasteiger partial charge in [0.05, 0.1) is 13.7 Å². The molecule has 1 aromatic rings. The Hall–Kier alpha value is -1.26. The summed E-state index contributed by atoms with van der Waals surface area (Å²) in [5.74, 6) is 1.69. The summed E-state index contributed by atoms with van der Waals surface area (Å²) in [7, 11) is 1.70. The Bertz CT molecular complexity index is 491. The highest BCUT2D eigenvalue weighted by Gasteiger charge is 2.38. The molecule has 2 aliphatic rings. The topological polar surface area (TPSA) is 53.7 Å². The average molecular weight is 305 g/mol. The smallest absolute Gasteiger partial charge is 0.165 e. The SMILES string of the molecule is COc1cccc(C2(CN)CCCC2)c1OC1CCCOC1. The van der Waals surface area contributed by atoms with Crippen LogP contribution in [0.4, 0.5) is 0 Å². The first kappa shape index (κ1) is 15.6. The van der Waals surface area contributed by atoms with Crippen molar-refractivity contribution in [2.45, 2.75) is 50.0 Å². The van der Waals surface area contributed by atoms with Crippen molar-refractivity contribution in [3.05, 3.63) is 23.8 Å². The van der Waals surface area contributed by atoms with Gasteiger partial charge in [0, 0.05) is 24.1 Å². The molecule has 1 saturated heterocycles. The van der Waals surface area contributed by atoms with Gasteiger partial charge in [-0.1, -0.05) is 25.0 Å².